The number of hydrogen-bond donors (Lipinski definition) is 2. The molecule has 1 aliphatic heterocycles. The molecule has 1 aliphatic carbocycles. The number of ether oxygens (including phenoxy) is 2. The van der Waals surface area contributed by atoms with Crippen LogP contribution < -0.4 is 20.1 Å². The second kappa shape index (κ2) is 7.42. The second-order valence-corrected chi connectivity index (χ2v) is 6.61. The number of fused-ring (bicyclic) bond motifs is 1. The zero-order valence-electron chi connectivity index (χ0n) is 15.0. The van der Waals surface area contributed by atoms with Gasteiger partial charge in [-0.25, -0.2) is 13.8 Å². The molecule has 142 valence electrons. The molecule has 2 N–H and O–H groups in total. The summed E-state index contributed by atoms with van der Waals surface area (Å²) < 4.78 is 38.6. The van der Waals surface area contributed by atoms with Crippen LogP contribution in [0.2, 0.25) is 0 Å². The summed E-state index contributed by atoms with van der Waals surface area (Å²) in [6.07, 6.45) is 0.673. The Morgan fingerprint density at radius 2 is 1.93 bits per heavy atom. The van der Waals surface area contributed by atoms with Gasteiger partial charge in [-0.3, -0.25) is 0 Å². The van der Waals surface area contributed by atoms with Gasteiger partial charge in [0.2, 0.25) is 6.79 Å². The molecule has 27 heavy (non-hydrogen) atoms. The van der Waals surface area contributed by atoms with Gasteiger partial charge in [0.15, 0.2) is 17.5 Å². The normalized spacial score (nSPS) is 20.5. The molecule has 0 bridgehead atoms. The molecule has 7 heteroatoms. The van der Waals surface area contributed by atoms with Crippen molar-refractivity contribution in [2.45, 2.75) is 31.8 Å². The third-order valence-electron chi connectivity index (χ3n) is 4.68. The molecule has 0 spiro atoms. The lowest BCUT2D eigenvalue weighted by Gasteiger charge is -2.12. The topological polar surface area (TPSA) is 54.9 Å². The summed E-state index contributed by atoms with van der Waals surface area (Å²) in [5.74, 6) is 0.914. The first-order valence-corrected chi connectivity index (χ1v) is 9.03. The highest BCUT2D eigenvalue weighted by molar-refractivity contribution is 5.80. The molecule has 0 radical (unpaired) electrons. The quantitative estimate of drug-likeness (QED) is 0.624. The van der Waals surface area contributed by atoms with Crippen molar-refractivity contribution in [3.63, 3.8) is 0 Å². The first-order valence-electron chi connectivity index (χ1n) is 9.03. The van der Waals surface area contributed by atoms with Crippen molar-refractivity contribution in [1.29, 1.82) is 0 Å². The van der Waals surface area contributed by atoms with E-state index in [1.165, 1.54) is 18.2 Å². The number of nitrogens with one attached hydrogen (secondary N) is 2. The fourth-order valence-corrected chi connectivity index (χ4v) is 3.24. The van der Waals surface area contributed by atoms with Crippen LogP contribution >= 0.6 is 0 Å². The van der Waals surface area contributed by atoms with E-state index in [0.717, 1.165) is 17.1 Å². The molecule has 2 atom stereocenters. The van der Waals surface area contributed by atoms with Gasteiger partial charge in [0.05, 0.1) is 6.54 Å². The summed E-state index contributed by atoms with van der Waals surface area (Å²) >= 11 is 0. The number of rotatable bonds is 5. The summed E-state index contributed by atoms with van der Waals surface area (Å²) in [4.78, 5) is 4.57. The van der Waals surface area contributed by atoms with Gasteiger partial charge in [0, 0.05) is 24.1 Å². The van der Waals surface area contributed by atoms with Crippen molar-refractivity contribution in [2.75, 3.05) is 13.3 Å². The monoisotopic (exact) mass is 373 g/mol. The maximum atomic E-state index is 13.9. The molecule has 0 aromatic heterocycles. The van der Waals surface area contributed by atoms with Crippen LogP contribution in [0.4, 0.5) is 8.78 Å². The van der Waals surface area contributed by atoms with Crippen LogP contribution in [0, 0.1) is 11.6 Å². The predicted octanol–water partition coefficient (Wildman–Crippen LogP) is 3.30. The Kier molecular flexibility index (Phi) is 4.83. The highest BCUT2D eigenvalue weighted by atomic mass is 19.1. The summed E-state index contributed by atoms with van der Waals surface area (Å²) in [6, 6.07) is 9.66. The van der Waals surface area contributed by atoms with Gasteiger partial charge in [-0.2, -0.15) is 0 Å². The van der Waals surface area contributed by atoms with Gasteiger partial charge in [-0.15, -0.1) is 0 Å². The number of guanidine groups is 1. The van der Waals surface area contributed by atoms with Crippen molar-refractivity contribution in [1.82, 2.24) is 10.6 Å². The standard InChI is InChI=1S/C20H21F2N3O2/c1-2-23-20(24-10-12-6-7-17-18(8-12)27-11-26-17)25-16-9-13(16)19-14(21)4-3-5-15(19)22/h3-8,13,16H,2,9-11H2,1H3,(H2,23,24,25). The Balaban J connectivity index is 1.42. The minimum Gasteiger partial charge on any atom is -0.454 e. The van der Waals surface area contributed by atoms with E-state index < -0.39 is 11.6 Å². The molecular formula is C20H21F2N3O2. The van der Waals surface area contributed by atoms with E-state index in [9.17, 15) is 8.78 Å². The smallest absolute Gasteiger partial charge is 0.231 e. The first-order chi connectivity index (χ1) is 13.2. The molecule has 1 heterocycles. The van der Waals surface area contributed by atoms with Crippen LogP contribution in [-0.2, 0) is 6.54 Å². The second-order valence-electron chi connectivity index (χ2n) is 6.61. The number of nitrogens with zero attached hydrogens (tertiary/aromatic N) is 1. The summed E-state index contributed by atoms with van der Waals surface area (Å²) in [5, 5.41) is 6.44. The van der Waals surface area contributed by atoms with Gasteiger partial charge in [0.1, 0.15) is 11.6 Å². The van der Waals surface area contributed by atoms with Crippen molar-refractivity contribution < 1.29 is 18.3 Å². The Morgan fingerprint density at radius 1 is 1.15 bits per heavy atom. The van der Waals surface area contributed by atoms with E-state index >= 15 is 0 Å². The molecule has 0 saturated heterocycles. The van der Waals surface area contributed by atoms with Crippen molar-refractivity contribution in [2.24, 2.45) is 4.99 Å². The Hall–Kier alpha value is -2.83. The van der Waals surface area contributed by atoms with E-state index in [2.05, 4.69) is 15.6 Å². The summed E-state index contributed by atoms with van der Waals surface area (Å²) in [6.45, 7) is 3.36. The van der Waals surface area contributed by atoms with E-state index in [0.29, 0.717) is 25.5 Å². The fourth-order valence-electron chi connectivity index (χ4n) is 3.24. The number of benzene rings is 2. The van der Waals surface area contributed by atoms with E-state index in [-0.39, 0.29) is 24.3 Å². The summed E-state index contributed by atoms with van der Waals surface area (Å²) in [7, 11) is 0. The van der Waals surface area contributed by atoms with Crippen molar-refractivity contribution in [3.05, 3.63) is 59.2 Å². The highest BCUT2D eigenvalue weighted by Gasteiger charge is 2.42. The van der Waals surface area contributed by atoms with E-state index in [1.54, 1.807) is 0 Å². The van der Waals surface area contributed by atoms with E-state index in [4.69, 9.17) is 9.47 Å². The molecule has 5 nitrogen and oxygen atoms in total. The van der Waals surface area contributed by atoms with E-state index in [1.807, 2.05) is 25.1 Å². The molecule has 2 aromatic carbocycles. The van der Waals surface area contributed by atoms with Crippen LogP contribution in [0.5, 0.6) is 11.5 Å². The van der Waals surface area contributed by atoms with Crippen LogP contribution in [-0.4, -0.2) is 25.3 Å². The molecule has 1 saturated carbocycles. The Labute approximate surface area is 156 Å². The number of aliphatic imine (C=N–C) groups is 1. The lowest BCUT2D eigenvalue weighted by atomic mass is 10.1. The van der Waals surface area contributed by atoms with Crippen molar-refractivity contribution >= 4 is 5.96 Å². The molecular weight excluding hydrogens is 352 g/mol. The van der Waals surface area contributed by atoms with Gasteiger partial charge in [-0.05, 0) is 43.2 Å². The predicted molar refractivity (Wildman–Crippen MR) is 98.0 cm³/mol. The molecule has 2 unspecified atom stereocenters. The highest BCUT2D eigenvalue weighted by Crippen LogP contribution is 2.43. The van der Waals surface area contributed by atoms with Gasteiger partial charge in [-0.1, -0.05) is 12.1 Å². The molecule has 2 aromatic rings. The molecule has 4 rings (SSSR count). The Bertz CT molecular complexity index is 852. The number of hydrogen-bond acceptors (Lipinski definition) is 3. The fraction of sp³-hybridized carbons (Fsp3) is 0.350. The lowest BCUT2D eigenvalue weighted by molar-refractivity contribution is 0.174. The Morgan fingerprint density at radius 3 is 2.70 bits per heavy atom. The van der Waals surface area contributed by atoms with Gasteiger partial charge >= 0.3 is 0 Å². The maximum absolute atomic E-state index is 13.9. The van der Waals surface area contributed by atoms with Crippen molar-refractivity contribution in [3.8, 4) is 11.5 Å². The average Bonchev–Trinajstić information content (AvgIpc) is 3.22. The molecule has 1 fully saturated rings. The van der Waals surface area contributed by atoms with Crippen LogP contribution in [0.15, 0.2) is 41.4 Å². The SMILES string of the molecule is CCNC(=NCc1ccc2c(c1)OCO2)NC1CC1c1c(F)cccc1F. The number of halogens is 2. The third kappa shape index (κ3) is 3.82. The zero-order valence-corrected chi connectivity index (χ0v) is 15.0. The van der Waals surface area contributed by atoms with Crippen LogP contribution in [0.1, 0.15) is 30.4 Å². The summed E-state index contributed by atoms with van der Waals surface area (Å²) in [5.41, 5.74) is 1.14. The molecule has 2 aliphatic rings. The molecule has 0 amide bonds. The maximum Gasteiger partial charge on any atom is 0.231 e. The van der Waals surface area contributed by atoms with Crippen LogP contribution in [0.25, 0.3) is 0 Å². The lowest BCUT2D eigenvalue weighted by Crippen LogP contribution is -2.39. The van der Waals surface area contributed by atoms with Gasteiger partial charge in [0.25, 0.3) is 0 Å². The third-order valence-corrected chi connectivity index (χ3v) is 4.68. The minimum atomic E-state index is -0.494. The average molecular weight is 373 g/mol. The van der Waals surface area contributed by atoms with Gasteiger partial charge < -0.3 is 20.1 Å². The van der Waals surface area contributed by atoms with Crippen LogP contribution in [0.3, 0.4) is 0 Å². The zero-order chi connectivity index (χ0) is 18.8. The minimum absolute atomic E-state index is 0.0362. The first kappa shape index (κ1) is 17.6. The largest absolute Gasteiger partial charge is 0.454 e.